The number of benzene rings is 3. The summed E-state index contributed by atoms with van der Waals surface area (Å²) in [5.74, 6) is -0.810. The molecule has 0 aliphatic carbocycles. The molecule has 0 radical (unpaired) electrons. The lowest BCUT2D eigenvalue weighted by Gasteiger charge is -2.16. The third-order valence-electron chi connectivity index (χ3n) is 4.88. The van der Waals surface area contributed by atoms with Crippen LogP contribution in [-0.2, 0) is 16.0 Å². The van der Waals surface area contributed by atoms with Crippen molar-refractivity contribution in [3.8, 4) is 0 Å². The molecule has 0 spiro atoms. The Morgan fingerprint density at radius 3 is 2.53 bits per heavy atom. The van der Waals surface area contributed by atoms with Crippen molar-refractivity contribution in [1.29, 1.82) is 0 Å². The lowest BCUT2D eigenvalue weighted by atomic mass is 10.0. The molecule has 6 heteroatoms. The maximum atomic E-state index is 12.5. The highest BCUT2D eigenvalue weighted by atomic mass is 16.3. The van der Waals surface area contributed by atoms with Crippen LogP contribution in [0, 0.1) is 0 Å². The minimum atomic E-state index is -1.04. The van der Waals surface area contributed by atoms with E-state index in [0.29, 0.717) is 5.69 Å². The van der Waals surface area contributed by atoms with Crippen molar-refractivity contribution >= 4 is 39.2 Å². The number of anilines is 1. The van der Waals surface area contributed by atoms with E-state index in [1.807, 2.05) is 54.6 Å². The summed E-state index contributed by atoms with van der Waals surface area (Å²) in [5.41, 5.74) is 2.23. The lowest BCUT2D eigenvalue weighted by molar-refractivity contribution is -0.126. The molecule has 1 heterocycles. The van der Waals surface area contributed by atoms with Crippen molar-refractivity contribution in [3.05, 3.63) is 84.6 Å². The molecule has 2 amide bonds. The zero-order valence-corrected chi connectivity index (χ0v) is 16.2. The van der Waals surface area contributed by atoms with Gasteiger partial charge in [-0.25, -0.2) is 0 Å². The van der Waals surface area contributed by atoms with Crippen LogP contribution in [0.25, 0.3) is 21.7 Å². The number of nitrogens with zero attached hydrogens (tertiary/aromatic N) is 1. The van der Waals surface area contributed by atoms with Gasteiger partial charge in [-0.3, -0.25) is 14.6 Å². The van der Waals surface area contributed by atoms with E-state index in [2.05, 4.69) is 15.6 Å². The average Bonchev–Trinajstić information content (AvgIpc) is 2.77. The van der Waals surface area contributed by atoms with E-state index in [1.54, 1.807) is 24.4 Å². The maximum absolute atomic E-state index is 12.5. The van der Waals surface area contributed by atoms with E-state index in [0.717, 1.165) is 27.2 Å². The number of pyridine rings is 1. The molecule has 0 fully saturated rings. The summed E-state index contributed by atoms with van der Waals surface area (Å²) in [6.07, 6.45) is 1.82. The molecule has 0 saturated carbocycles. The molecule has 1 aromatic heterocycles. The number of fused-ring (bicyclic) bond motifs is 2. The Morgan fingerprint density at radius 2 is 1.70 bits per heavy atom. The van der Waals surface area contributed by atoms with Crippen LogP contribution < -0.4 is 10.6 Å². The fourth-order valence-corrected chi connectivity index (χ4v) is 3.36. The number of rotatable bonds is 6. The van der Waals surface area contributed by atoms with E-state index in [4.69, 9.17) is 0 Å². The monoisotopic (exact) mass is 399 g/mol. The van der Waals surface area contributed by atoms with E-state index in [-0.39, 0.29) is 12.3 Å². The molecule has 6 nitrogen and oxygen atoms in total. The van der Waals surface area contributed by atoms with Crippen LogP contribution in [0.1, 0.15) is 5.56 Å². The van der Waals surface area contributed by atoms with Gasteiger partial charge < -0.3 is 15.7 Å². The summed E-state index contributed by atoms with van der Waals surface area (Å²) in [7, 11) is 0. The number of hydrogen-bond acceptors (Lipinski definition) is 4. The second kappa shape index (κ2) is 8.71. The van der Waals surface area contributed by atoms with Gasteiger partial charge in [-0.1, -0.05) is 48.5 Å². The molecular weight excluding hydrogens is 378 g/mol. The zero-order chi connectivity index (χ0) is 20.9. The van der Waals surface area contributed by atoms with Crippen LogP contribution in [-0.4, -0.2) is 34.6 Å². The second-order valence-corrected chi connectivity index (χ2v) is 7.06. The van der Waals surface area contributed by atoms with Gasteiger partial charge in [0, 0.05) is 17.3 Å². The van der Waals surface area contributed by atoms with Gasteiger partial charge in [-0.2, -0.15) is 0 Å². The van der Waals surface area contributed by atoms with E-state index in [9.17, 15) is 14.7 Å². The Hall–Kier alpha value is -3.77. The van der Waals surface area contributed by atoms with Crippen molar-refractivity contribution in [2.75, 3.05) is 11.9 Å². The molecule has 0 bridgehead atoms. The van der Waals surface area contributed by atoms with Gasteiger partial charge in [0.05, 0.1) is 18.5 Å². The Bertz CT molecular complexity index is 1220. The number of nitrogens with one attached hydrogen (secondary N) is 2. The van der Waals surface area contributed by atoms with Gasteiger partial charge in [0.2, 0.25) is 11.8 Å². The number of hydrogen-bond donors (Lipinski definition) is 3. The first-order chi connectivity index (χ1) is 14.6. The minimum Gasteiger partial charge on any atom is -0.394 e. The van der Waals surface area contributed by atoms with Crippen LogP contribution in [0.5, 0.6) is 0 Å². The maximum Gasteiger partial charge on any atom is 0.249 e. The van der Waals surface area contributed by atoms with Crippen molar-refractivity contribution in [3.63, 3.8) is 0 Å². The zero-order valence-electron chi connectivity index (χ0n) is 16.2. The van der Waals surface area contributed by atoms with Crippen LogP contribution in [0.4, 0.5) is 5.69 Å². The number of amides is 2. The smallest absolute Gasteiger partial charge is 0.249 e. The van der Waals surface area contributed by atoms with E-state index >= 15 is 0 Å². The largest absolute Gasteiger partial charge is 0.394 e. The first-order valence-electron chi connectivity index (χ1n) is 9.66. The topological polar surface area (TPSA) is 91.3 Å². The van der Waals surface area contributed by atoms with Gasteiger partial charge in [-0.05, 0) is 40.6 Å². The van der Waals surface area contributed by atoms with Gasteiger partial charge in [0.25, 0.3) is 0 Å². The summed E-state index contributed by atoms with van der Waals surface area (Å²) in [4.78, 5) is 29.2. The predicted molar refractivity (Wildman–Crippen MR) is 117 cm³/mol. The molecule has 0 saturated heterocycles. The van der Waals surface area contributed by atoms with Crippen LogP contribution in [0.15, 0.2) is 79.0 Å². The summed E-state index contributed by atoms with van der Waals surface area (Å²) in [5, 5.41) is 18.0. The van der Waals surface area contributed by atoms with Gasteiger partial charge in [-0.15, -0.1) is 0 Å². The number of carbonyl (C=O) groups is 2. The summed E-state index contributed by atoms with van der Waals surface area (Å²) in [6, 6.07) is 21.7. The summed E-state index contributed by atoms with van der Waals surface area (Å²) in [6.45, 7) is -0.496. The minimum absolute atomic E-state index is 0.121. The number of aliphatic hydroxyl groups excluding tert-OH is 1. The fraction of sp³-hybridized carbons (Fsp3) is 0.125. The Labute approximate surface area is 173 Å². The summed E-state index contributed by atoms with van der Waals surface area (Å²) < 4.78 is 0. The average molecular weight is 399 g/mol. The molecule has 4 aromatic rings. The third kappa shape index (κ3) is 4.45. The van der Waals surface area contributed by atoms with Crippen LogP contribution in [0.2, 0.25) is 0 Å². The standard InChI is InChI=1S/C24H21N3O3/c28-15-22(24(30)26-20-9-10-21-19(14-20)6-3-11-25-21)27-23(29)13-16-7-8-17-4-1-2-5-18(17)12-16/h1-12,14,22,28H,13,15H2,(H,26,30)(H,27,29)/t22-/m0/s1. The Balaban J connectivity index is 1.40. The van der Waals surface area contributed by atoms with E-state index in [1.165, 1.54) is 0 Å². The summed E-state index contributed by atoms with van der Waals surface area (Å²) >= 11 is 0. The third-order valence-corrected chi connectivity index (χ3v) is 4.88. The molecule has 150 valence electrons. The van der Waals surface area contributed by atoms with Crippen molar-refractivity contribution in [2.24, 2.45) is 0 Å². The molecule has 0 aliphatic rings. The molecule has 3 aromatic carbocycles. The number of aromatic nitrogens is 1. The highest BCUT2D eigenvalue weighted by Gasteiger charge is 2.20. The highest BCUT2D eigenvalue weighted by molar-refractivity contribution is 5.99. The van der Waals surface area contributed by atoms with Crippen LogP contribution in [0.3, 0.4) is 0 Å². The van der Waals surface area contributed by atoms with Crippen LogP contribution >= 0.6 is 0 Å². The SMILES string of the molecule is O=C(Cc1ccc2ccccc2c1)N[C@@H](CO)C(=O)Nc1ccc2ncccc2c1. The van der Waals surface area contributed by atoms with Gasteiger partial charge in [0.15, 0.2) is 0 Å². The molecule has 4 rings (SSSR count). The fourth-order valence-electron chi connectivity index (χ4n) is 3.36. The Kier molecular flexibility index (Phi) is 5.68. The highest BCUT2D eigenvalue weighted by Crippen LogP contribution is 2.18. The van der Waals surface area contributed by atoms with Crippen molar-refractivity contribution in [2.45, 2.75) is 12.5 Å². The lowest BCUT2D eigenvalue weighted by Crippen LogP contribution is -2.46. The first-order valence-corrected chi connectivity index (χ1v) is 9.66. The second-order valence-electron chi connectivity index (χ2n) is 7.06. The quantitative estimate of drug-likeness (QED) is 0.465. The number of carbonyl (C=O) groups excluding carboxylic acids is 2. The Morgan fingerprint density at radius 1 is 0.900 bits per heavy atom. The molecular formula is C24H21N3O3. The number of aliphatic hydroxyl groups is 1. The first kappa shape index (κ1) is 19.5. The molecule has 3 N–H and O–H groups in total. The van der Waals surface area contributed by atoms with Gasteiger partial charge >= 0.3 is 0 Å². The molecule has 30 heavy (non-hydrogen) atoms. The molecule has 1 atom stereocenters. The molecule has 0 unspecified atom stereocenters. The van der Waals surface area contributed by atoms with Crippen molar-refractivity contribution < 1.29 is 14.7 Å². The molecule has 0 aliphatic heterocycles. The predicted octanol–water partition coefficient (Wildman–Crippen LogP) is 3.05. The normalized spacial score (nSPS) is 11.9. The van der Waals surface area contributed by atoms with Gasteiger partial charge in [0.1, 0.15) is 6.04 Å². The van der Waals surface area contributed by atoms with Crippen molar-refractivity contribution in [1.82, 2.24) is 10.3 Å². The van der Waals surface area contributed by atoms with E-state index < -0.39 is 18.6 Å².